The lowest BCUT2D eigenvalue weighted by atomic mass is 9.49. The number of nitrogens with two attached hydrogens (primary N) is 1. The van der Waals surface area contributed by atoms with Gasteiger partial charge in [0.15, 0.2) is 0 Å². The van der Waals surface area contributed by atoms with Crippen LogP contribution in [0.3, 0.4) is 0 Å². The number of carbonyl (C=O) groups is 2. The second-order valence-electron chi connectivity index (χ2n) is 8.82. The molecule has 0 heterocycles. The maximum atomic E-state index is 13.1. The molecule has 134 valence electrons. The topological polar surface area (TPSA) is 72.2 Å². The van der Waals surface area contributed by atoms with Crippen molar-refractivity contribution in [2.24, 2.45) is 28.9 Å². The van der Waals surface area contributed by atoms with Gasteiger partial charge in [-0.15, -0.1) is 0 Å². The summed E-state index contributed by atoms with van der Waals surface area (Å²) < 4.78 is 0. The summed E-state index contributed by atoms with van der Waals surface area (Å²) in [6.45, 7) is 2.03. The molecule has 4 heteroatoms. The quantitative estimate of drug-likeness (QED) is 0.865. The van der Waals surface area contributed by atoms with Crippen LogP contribution < -0.4 is 11.1 Å². The summed E-state index contributed by atoms with van der Waals surface area (Å²) in [7, 11) is 0. The van der Waals surface area contributed by atoms with Crippen LogP contribution in [0.1, 0.15) is 49.7 Å². The summed E-state index contributed by atoms with van der Waals surface area (Å²) in [5.74, 6) is 1.75. The van der Waals surface area contributed by atoms with Crippen LogP contribution in [0.5, 0.6) is 0 Å². The Balaban J connectivity index is 1.47. The summed E-state index contributed by atoms with van der Waals surface area (Å²) in [6, 6.07) is 7.43. The van der Waals surface area contributed by atoms with Crippen molar-refractivity contribution in [3.8, 4) is 0 Å². The first-order chi connectivity index (χ1) is 11.9. The number of benzene rings is 1. The van der Waals surface area contributed by atoms with Crippen molar-refractivity contribution >= 4 is 11.8 Å². The van der Waals surface area contributed by atoms with Crippen LogP contribution in [-0.2, 0) is 16.0 Å². The second kappa shape index (κ2) is 6.15. The zero-order chi connectivity index (χ0) is 17.6. The molecule has 2 amide bonds. The van der Waals surface area contributed by atoms with Gasteiger partial charge in [-0.2, -0.15) is 0 Å². The van der Waals surface area contributed by atoms with Gasteiger partial charge >= 0.3 is 0 Å². The van der Waals surface area contributed by atoms with Crippen molar-refractivity contribution in [3.05, 3.63) is 35.4 Å². The minimum atomic E-state index is -0.622. The van der Waals surface area contributed by atoms with Gasteiger partial charge in [0, 0.05) is 11.8 Å². The van der Waals surface area contributed by atoms with E-state index in [1.54, 1.807) is 0 Å². The minimum Gasteiger partial charge on any atom is -0.368 e. The Labute approximate surface area is 149 Å². The largest absolute Gasteiger partial charge is 0.368 e. The predicted octanol–water partition coefficient (Wildman–Crippen LogP) is 2.72. The average molecular weight is 340 g/mol. The molecule has 4 aliphatic carbocycles. The second-order valence-corrected chi connectivity index (χ2v) is 8.82. The smallest absolute Gasteiger partial charge is 0.240 e. The maximum absolute atomic E-state index is 13.1. The number of hydrogen-bond donors (Lipinski definition) is 2. The fraction of sp³-hybridized carbons (Fsp3) is 0.619. The van der Waals surface area contributed by atoms with Gasteiger partial charge in [0.1, 0.15) is 6.04 Å². The molecule has 1 aromatic carbocycles. The van der Waals surface area contributed by atoms with Crippen molar-refractivity contribution in [2.45, 2.75) is 57.9 Å². The Hall–Kier alpha value is -1.84. The van der Waals surface area contributed by atoms with Crippen molar-refractivity contribution in [1.82, 2.24) is 5.32 Å². The summed E-state index contributed by atoms with van der Waals surface area (Å²) in [4.78, 5) is 25.1. The normalized spacial score (nSPS) is 33.9. The van der Waals surface area contributed by atoms with Gasteiger partial charge in [0.05, 0.1) is 0 Å². The van der Waals surface area contributed by atoms with E-state index in [4.69, 9.17) is 5.73 Å². The number of aryl methyl sites for hydroxylation is 1. The minimum absolute atomic E-state index is 0.0718. The van der Waals surface area contributed by atoms with E-state index in [1.807, 2.05) is 31.2 Å². The molecule has 0 aliphatic heterocycles. The monoisotopic (exact) mass is 340 g/mol. The molecular formula is C21H28N2O2. The van der Waals surface area contributed by atoms with Crippen LogP contribution in [0.2, 0.25) is 0 Å². The van der Waals surface area contributed by atoms with Gasteiger partial charge in [0.2, 0.25) is 11.8 Å². The van der Waals surface area contributed by atoms with E-state index in [1.165, 1.54) is 24.8 Å². The van der Waals surface area contributed by atoms with Crippen LogP contribution in [0, 0.1) is 30.1 Å². The summed E-state index contributed by atoms with van der Waals surface area (Å²) >= 11 is 0. The molecule has 1 atom stereocenters. The van der Waals surface area contributed by atoms with E-state index >= 15 is 0 Å². The summed E-state index contributed by atoms with van der Waals surface area (Å²) in [6.07, 6.45) is 7.37. The predicted molar refractivity (Wildman–Crippen MR) is 96.6 cm³/mol. The molecule has 4 nitrogen and oxygen atoms in total. The number of rotatable bonds is 5. The Morgan fingerprint density at radius 3 is 2.08 bits per heavy atom. The third-order valence-corrected chi connectivity index (χ3v) is 6.73. The lowest BCUT2D eigenvalue weighted by Crippen LogP contribution is -2.57. The maximum Gasteiger partial charge on any atom is 0.240 e. The highest BCUT2D eigenvalue weighted by Crippen LogP contribution is 2.60. The van der Waals surface area contributed by atoms with Gasteiger partial charge in [-0.05, 0) is 68.8 Å². The zero-order valence-corrected chi connectivity index (χ0v) is 15.0. The molecule has 0 saturated heterocycles. The molecule has 4 aliphatic rings. The highest BCUT2D eigenvalue weighted by atomic mass is 16.2. The van der Waals surface area contributed by atoms with Crippen molar-refractivity contribution in [1.29, 1.82) is 0 Å². The van der Waals surface area contributed by atoms with E-state index in [0.29, 0.717) is 24.2 Å². The number of carbonyl (C=O) groups excluding carboxylic acids is 2. The molecule has 3 N–H and O–H groups in total. The van der Waals surface area contributed by atoms with E-state index in [2.05, 4.69) is 5.32 Å². The lowest BCUT2D eigenvalue weighted by molar-refractivity contribution is -0.148. The molecule has 4 saturated carbocycles. The van der Waals surface area contributed by atoms with E-state index in [0.717, 1.165) is 24.8 Å². The molecule has 0 unspecified atom stereocenters. The fourth-order valence-corrected chi connectivity index (χ4v) is 5.88. The zero-order valence-electron chi connectivity index (χ0n) is 15.0. The molecule has 25 heavy (non-hydrogen) atoms. The molecule has 5 rings (SSSR count). The summed E-state index contributed by atoms with van der Waals surface area (Å²) in [5.41, 5.74) is 7.57. The number of amides is 2. The highest BCUT2D eigenvalue weighted by molar-refractivity contribution is 5.89. The van der Waals surface area contributed by atoms with E-state index < -0.39 is 11.9 Å². The Bertz CT molecular complexity index is 644. The van der Waals surface area contributed by atoms with Gasteiger partial charge in [-0.1, -0.05) is 29.8 Å². The number of nitrogens with one attached hydrogen (secondary N) is 1. The van der Waals surface area contributed by atoms with Crippen LogP contribution in [-0.4, -0.2) is 17.9 Å². The first-order valence-corrected chi connectivity index (χ1v) is 9.59. The van der Waals surface area contributed by atoms with Gasteiger partial charge in [-0.3, -0.25) is 9.59 Å². The Morgan fingerprint density at radius 2 is 1.60 bits per heavy atom. The summed E-state index contributed by atoms with van der Waals surface area (Å²) in [5, 5.41) is 3.02. The Morgan fingerprint density at radius 1 is 1.08 bits per heavy atom. The van der Waals surface area contributed by atoms with Crippen LogP contribution >= 0.6 is 0 Å². The van der Waals surface area contributed by atoms with Crippen molar-refractivity contribution in [3.63, 3.8) is 0 Å². The standard InChI is InChI=1S/C21H28N2O2/c1-13-2-4-14(5-3-13)9-18(19(22)24)23-20(25)21-10-15-6-16(11-21)8-17(7-15)12-21/h2-5,15-18H,6-12H2,1H3,(H2,22,24)(H,23,25)/t15?,16?,17?,18-,21?/m0/s1. The molecule has 4 bridgehead atoms. The van der Waals surface area contributed by atoms with Crippen LogP contribution in [0.25, 0.3) is 0 Å². The third-order valence-electron chi connectivity index (χ3n) is 6.73. The van der Waals surface area contributed by atoms with Crippen LogP contribution in [0.15, 0.2) is 24.3 Å². The Kier molecular flexibility index (Phi) is 4.09. The first kappa shape index (κ1) is 16.6. The van der Waals surface area contributed by atoms with Crippen molar-refractivity contribution in [2.75, 3.05) is 0 Å². The molecular weight excluding hydrogens is 312 g/mol. The van der Waals surface area contributed by atoms with Gasteiger partial charge < -0.3 is 11.1 Å². The molecule has 0 radical (unpaired) electrons. The molecule has 0 spiro atoms. The fourth-order valence-electron chi connectivity index (χ4n) is 5.88. The average Bonchev–Trinajstić information content (AvgIpc) is 2.54. The van der Waals surface area contributed by atoms with Gasteiger partial charge in [0.25, 0.3) is 0 Å². The highest BCUT2D eigenvalue weighted by Gasteiger charge is 2.54. The van der Waals surface area contributed by atoms with Crippen molar-refractivity contribution < 1.29 is 9.59 Å². The SMILES string of the molecule is Cc1ccc(C[C@H](NC(=O)C23CC4CC(CC(C4)C2)C3)C(N)=O)cc1. The van der Waals surface area contributed by atoms with E-state index in [-0.39, 0.29) is 11.3 Å². The molecule has 4 fully saturated rings. The lowest BCUT2D eigenvalue weighted by Gasteiger charge is -2.55. The van der Waals surface area contributed by atoms with Gasteiger partial charge in [-0.25, -0.2) is 0 Å². The molecule has 1 aromatic rings. The number of hydrogen-bond acceptors (Lipinski definition) is 2. The van der Waals surface area contributed by atoms with E-state index in [9.17, 15) is 9.59 Å². The number of primary amides is 1. The third kappa shape index (κ3) is 3.19. The first-order valence-electron chi connectivity index (χ1n) is 9.59. The molecule has 0 aromatic heterocycles. The van der Waals surface area contributed by atoms with Crippen LogP contribution in [0.4, 0.5) is 0 Å².